The summed E-state index contributed by atoms with van der Waals surface area (Å²) in [6.45, 7) is 0. The predicted octanol–water partition coefficient (Wildman–Crippen LogP) is 4.15. The standard InChI is InChI=1S/C15H16ClNO2S2/c16-13-8-9-14(20-13)21(18,19)17-15(10-4-5-11-15)12-6-2-1-3-7-12/h1-3,6-9,17H,4-5,10-11H2. The summed E-state index contributed by atoms with van der Waals surface area (Å²) in [7, 11) is -3.55. The normalized spacial score (nSPS) is 18.0. The monoisotopic (exact) mass is 341 g/mol. The van der Waals surface area contributed by atoms with Crippen LogP contribution in [0.25, 0.3) is 0 Å². The predicted molar refractivity (Wildman–Crippen MR) is 86.2 cm³/mol. The van der Waals surface area contributed by atoms with Crippen LogP contribution in [0.15, 0.2) is 46.7 Å². The van der Waals surface area contributed by atoms with Crippen molar-refractivity contribution in [1.82, 2.24) is 4.72 Å². The summed E-state index contributed by atoms with van der Waals surface area (Å²) in [4.78, 5) is 0. The number of benzene rings is 1. The quantitative estimate of drug-likeness (QED) is 0.908. The van der Waals surface area contributed by atoms with Crippen molar-refractivity contribution in [3.8, 4) is 0 Å². The van der Waals surface area contributed by atoms with Crippen LogP contribution in [0.3, 0.4) is 0 Å². The highest BCUT2D eigenvalue weighted by atomic mass is 35.5. The second kappa shape index (κ2) is 5.72. The molecule has 0 saturated heterocycles. The molecule has 1 aromatic carbocycles. The van der Waals surface area contributed by atoms with Crippen LogP contribution in [0.1, 0.15) is 31.2 Å². The van der Waals surface area contributed by atoms with Crippen molar-refractivity contribution in [3.63, 3.8) is 0 Å². The van der Waals surface area contributed by atoms with E-state index in [1.165, 1.54) is 0 Å². The Bertz CT molecular complexity index is 719. The van der Waals surface area contributed by atoms with E-state index in [4.69, 9.17) is 11.6 Å². The van der Waals surface area contributed by atoms with E-state index in [-0.39, 0.29) is 4.21 Å². The largest absolute Gasteiger partial charge is 0.250 e. The molecule has 1 fully saturated rings. The third-order valence-corrected chi connectivity index (χ3v) is 7.19. The van der Waals surface area contributed by atoms with Gasteiger partial charge < -0.3 is 0 Å². The molecule has 6 heteroatoms. The maximum Gasteiger partial charge on any atom is 0.250 e. The van der Waals surface area contributed by atoms with Crippen molar-refractivity contribution in [2.24, 2.45) is 0 Å². The number of hydrogen-bond acceptors (Lipinski definition) is 3. The molecule has 0 spiro atoms. The molecule has 1 aliphatic rings. The molecule has 0 amide bonds. The number of hydrogen-bond donors (Lipinski definition) is 1. The zero-order valence-corrected chi connectivity index (χ0v) is 13.8. The van der Waals surface area contributed by atoms with Gasteiger partial charge in [0.15, 0.2) is 0 Å². The van der Waals surface area contributed by atoms with Gasteiger partial charge in [0.05, 0.1) is 9.88 Å². The van der Waals surface area contributed by atoms with Gasteiger partial charge in [-0.2, -0.15) is 4.72 Å². The van der Waals surface area contributed by atoms with Crippen LogP contribution in [0, 0.1) is 0 Å². The third-order valence-electron chi connectivity index (χ3n) is 3.93. The summed E-state index contributed by atoms with van der Waals surface area (Å²) < 4.78 is 28.9. The minimum absolute atomic E-state index is 0.273. The Kier molecular flexibility index (Phi) is 4.10. The topological polar surface area (TPSA) is 46.2 Å². The van der Waals surface area contributed by atoms with E-state index in [2.05, 4.69) is 4.72 Å². The SMILES string of the molecule is O=S(=O)(NC1(c2ccccc2)CCCC1)c1ccc(Cl)s1. The van der Waals surface area contributed by atoms with Crippen molar-refractivity contribution >= 4 is 33.0 Å². The van der Waals surface area contributed by atoms with Crippen molar-refractivity contribution < 1.29 is 8.42 Å². The number of thiophene rings is 1. The molecular formula is C15H16ClNO2S2. The Hall–Kier alpha value is -0.880. The Morgan fingerprint density at radius 3 is 2.29 bits per heavy atom. The second-order valence-electron chi connectivity index (χ2n) is 5.32. The summed E-state index contributed by atoms with van der Waals surface area (Å²) >= 11 is 6.95. The molecule has 0 radical (unpaired) electrons. The van der Waals surface area contributed by atoms with E-state index in [9.17, 15) is 8.42 Å². The van der Waals surface area contributed by atoms with E-state index in [0.29, 0.717) is 4.34 Å². The fourth-order valence-corrected chi connectivity index (χ4v) is 5.87. The lowest BCUT2D eigenvalue weighted by molar-refractivity contribution is 0.405. The lowest BCUT2D eigenvalue weighted by Gasteiger charge is -2.30. The molecule has 1 aliphatic carbocycles. The molecule has 1 heterocycles. The lowest BCUT2D eigenvalue weighted by Crippen LogP contribution is -2.43. The summed E-state index contributed by atoms with van der Waals surface area (Å²) in [5.41, 5.74) is 0.546. The maximum absolute atomic E-state index is 12.6. The molecular weight excluding hydrogens is 326 g/mol. The highest BCUT2D eigenvalue weighted by Crippen LogP contribution is 2.40. The van der Waals surface area contributed by atoms with E-state index in [1.807, 2.05) is 30.3 Å². The van der Waals surface area contributed by atoms with Gasteiger partial charge in [0.2, 0.25) is 0 Å². The molecule has 21 heavy (non-hydrogen) atoms. The molecule has 112 valence electrons. The fourth-order valence-electron chi connectivity index (χ4n) is 2.94. The number of sulfonamides is 1. The molecule has 0 atom stereocenters. The second-order valence-corrected chi connectivity index (χ2v) is 8.94. The minimum atomic E-state index is -3.55. The van der Waals surface area contributed by atoms with Gasteiger partial charge in [-0.25, -0.2) is 8.42 Å². The number of halogens is 1. The minimum Gasteiger partial charge on any atom is -0.206 e. The molecule has 3 nitrogen and oxygen atoms in total. The average molecular weight is 342 g/mol. The first-order valence-corrected chi connectivity index (χ1v) is 9.54. The maximum atomic E-state index is 12.6. The zero-order valence-electron chi connectivity index (χ0n) is 11.4. The first-order valence-electron chi connectivity index (χ1n) is 6.87. The summed E-state index contributed by atoms with van der Waals surface area (Å²) in [5, 5.41) is 0. The van der Waals surface area contributed by atoms with Gasteiger partial charge >= 0.3 is 0 Å². The first-order chi connectivity index (χ1) is 10.0. The van der Waals surface area contributed by atoms with Crippen molar-refractivity contribution in [1.29, 1.82) is 0 Å². The molecule has 0 bridgehead atoms. The van der Waals surface area contributed by atoms with Crippen molar-refractivity contribution in [2.45, 2.75) is 35.4 Å². The molecule has 2 aromatic rings. The summed E-state index contributed by atoms with van der Waals surface area (Å²) in [5.74, 6) is 0. The van der Waals surface area contributed by atoms with Crippen LogP contribution < -0.4 is 4.72 Å². The highest BCUT2D eigenvalue weighted by molar-refractivity contribution is 7.91. The van der Waals surface area contributed by atoms with Crippen molar-refractivity contribution in [2.75, 3.05) is 0 Å². The lowest BCUT2D eigenvalue weighted by atomic mass is 9.89. The molecule has 1 saturated carbocycles. The Labute approximate surface area is 134 Å². The highest BCUT2D eigenvalue weighted by Gasteiger charge is 2.39. The van der Waals surface area contributed by atoms with Gasteiger partial charge in [0, 0.05) is 0 Å². The molecule has 1 N–H and O–H groups in total. The van der Waals surface area contributed by atoms with Gasteiger partial charge in [-0.05, 0) is 30.5 Å². The van der Waals surface area contributed by atoms with E-state index < -0.39 is 15.6 Å². The zero-order chi connectivity index (χ0) is 14.9. The van der Waals surface area contributed by atoms with Gasteiger partial charge in [0.25, 0.3) is 10.0 Å². The fraction of sp³-hybridized carbons (Fsp3) is 0.333. The van der Waals surface area contributed by atoms with Crippen LogP contribution in [0.4, 0.5) is 0 Å². The van der Waals surface area contributed by atoms with Gasteiger partial charge in [-0.15, -0.1) is 11.3 Å². The first kappa shape index (κ1) is 15.0. The third kappa shape index (κ3) is 3.01. The smallest absolute Gasteiger partial charge is 0.206 e. The number of nitrogens with one attached hydrogen (secondary N) is 1. The summed E-state index contributed by atoms with van der Waals surface area (Å²) in [6.07, 6.45) is 3.72. The van der Waals surface area contributed by atoms with Gasteiger partial charge in [0.1, 0.15) is 4.21 Å². The molecule has 0 aliphatic heterocycles. The van der Waals surface area contributed by atoms with Crippen LogP contribution >= 0.6 is 22.9 Å². The van der Waals surface area contributed by atoms with Crippen LogP contribution in [-0.4, -0.2) is 8.42 Å². The summed E-state index contributed by atoms with van der Waals surface area (Å²) in [6, 6.07) is 13.0. The molecule has 3 rings (SSSR count). The van der Waals surface area contributed by atoms with E-state index in [1.54, 1.807) is 12.1 Å². The van der Waals surface area contributed by atoms with Crippen LogP contribution in [0.2, 0.25) is 4.34 Å². The Balaban J connectivity index is 1.97. The van der Waals surface area contributed by atoms with Gasteiger partial charge in [-0.1, -0.05) is 54.8 Å². The van der Waals surface area contributed by atoms with Crippen LogP contribution in [0.5, 0.6) is 0 Å². The Morgan fingerprint density at radius 2 is 1.71 bits per heavy atom. The average Bonchev–Trinajstić information content (AvgIpc) is 3.10. The van der Waals surface area contributed by atoms with E-state index >= 15 is 0 Å². The van der Waals surface area contributed by atoms with E-state index in [0.717, 1.165) is 42.6 Å². The van der Waals surface area contributed by atoms with Crippen molar-refractivity contribution in [3.05, 3.63) is 52.4 Å². The molecule has 1 aromatic heterocycles. The molecule has 0 unspecified atom stereocenters. The van der Waals surface area contributed by atoms with Crippen LogP contribution in [-0.2, 0) is 15.6 Å². The number of rotatable bonds is 4. The van der Waals surface area contributed by atoms with Gasteiger partial charge in [-0.3, -0.25) is 0 Å². The Morgan fingerprint density at radius 1 is 1.05 bits per heavy atom.